The second-order valence-electron chi connectivity index (χ2n) is 2.97. The maximum atomic E-state index is 10.9. The summed E-state index contributed by atoms with van der Waals surface area (Å²) in [5, 5.41) is 6.65. The van der Waals surface area contributed by atoms with E-state index in [2.05, 4.69) is 15.5 Å². The summed E-state index contributed by atoms with van der Waals surface area (Å²) < 4.78 is 9.65. The number of esters is 1. The van der Waals surface area contributed by atoms with Crippen LogP contribution in [0, 0.1) is 6.92 Å². The van der Waals surface area contributed by atoms with E-state index in [9.17, 15) is 4.79 Å². The van der Waals surface area contributed by atoms with E-state index in [4.69, 9.17) is 9.26 Å². The fourth-order valence-electron chi connectivity index (χ4n) is 1.03. The molecule has 15 heavy (non-hydrogen) atoms. The monoisotopic (exact) mass is 213 g/mol. The molecular weight excluding hydrogens is 198 g/mol. The quantitative estimate of drug-likeness (QED) is 0.545. The molecule has 1 rings (SSSR count). The molecule has 1 heterocycles. The Balaban J connectivity index is 2.09. The van der Waals surface area contributed by atoms with Crippen molar-refractivity contribution >= 4 is 5.97 Å². The predicted octanol–water partition coefficient (Wildman–Crippen LogP) is 0.421. The van der Waals surface area contributed by atoms with Gasteiger partial charge in [0.25, 0.3) is 0 Å². The first-order chi connectivity index (χ1) is 7.22. The van der Waals surface area contributed by atoms with Crippen LogP contribution in [0.3, 0.4) is 0 Å². The molecule has 1 aromatic rings. The largest absolute Gasteiger partial charge is 0.466 e. The van der Waals surface area contributed by atoms with Crippen molar-refractivity contribution in [3.8, 4) is 0 Å². The Morgan fingerprint density at radius 2 is 2.40 bits per heavy atom. The van der Waals surface area contributed by atoms with Crippen molar-refractivity contribution in [3.05, 3.63) is 11.7 Å². The number of hydrogen-bond acceptors (Lipinski definition) is 6. The zero-order valence-corrected chi connectivity index (χ0v) is 8.95. The van der Waals surface area contributed by atoms with Gasteiger partial charge in [0.1, 0.15) is 0 Å². The lowest BCUT2D eigenvalue weighted by Crippen LogP contribution is -2.19. The summed E-state index contributed by atoms with van der Waals surface area (Å²) in [4.78, 5) is 15.0. The van der Waals surface area contributed by atoms with E-state index in [1.54, 1.807) is 13.8 Å². The molecule has 0 aliphatic heterocycles. The number of aromatic nitrogens is 2. The number of rotatable bonds is 6. The molecule has 84 valence electrons. The molecule has 0 saturated carbocycles. The summed E-state index contributed by atoms with van der Waals surface area (Å²) in [6, 6.07) is 0. The molecule has 0 unspecified atom stereocenters. The van der Waals surface area contributed by atoms with Crippen molar-refractivity contribution in [2.75, 3.05) is 13.2 Å². The van der Waals surface area contributed by atoms with Crippen LogP contribution in [0.15, 0.2) is 4.52 Å². The van der Waals surface area contributed by atoms with Gasteiger partial charge in [0.05, 0.1) is 19.6 Å². The molecule has 0 aromatic carbocycles. The summed E-state index contributed by atoms with van der Waals surface area (Å²) in [5.74, 6) is 0.931. The minimum absolute atomic E-state index is 0.202. The molecule has 0 amide bonds. The molecule has 6 heteroatoms. The van der Waals surface area contributed by atoms with E-state index in [1.165, 1.54) is 0 Å². The van der Waals surface area contributed by atoms with Gasteiger partial charge in [-0.2, -0.15) is 4.98 Å². The molecule has 1 aromatic heterocycles. The number of hydrogen-bond donors (Lipinski definition) is 1. The predicted molar refractivity (Wildman–Crippen MR) is 52.0 cm³/mol. The Morgan fingerprint density at radius 3 is 3.00 bits per heavy atom. The SMILES string of the molecule is CCOC(=O)CCNCc1nc(C)no1. The zero-order valence-electron chi connectivity index (χ0n) is 8.95. The van der Waals surface area contributed by atoms with Crippen molar-refractivity contribution in [1.82, 2.24) is 15.5 Å². The van der Waals surface area contributed by atoms with Crippen LogP contribution in [0.25, 0.3) is 0 Å². The van der Waals surface area contributed by atoms with E-state index in [1.807, 2.05) is 0 Å². The fourth-order valence-corrected chi connectivity index (χ4v) is 1.03. The van der Waals surface area contributed by atoms with Crippen molar-refractivity contribution in [2.45, 2.75) is 26.8 Å². The lowest BCUT2D eigenvalue weighted by atomic mass is 10.4. The number of aryl methyl sites for hydroxylation is 1. The van der Waals surface area contributed by atoms with Gasteiger partial charge in [0.2, 0.25) is 5.89 Å². The van der Waals surface area contributed by atoms with Crippen LogP contribution in [0.4, 0.5) is 0 Å². The molecular formula is C9H15N3O3. The minimum Gasteiger partial charge on any atom is -0.466 e. The average Bonchev–Trinajstić information content (AvgIpc) is 2.60. The number of nitrogens with zero attached hydrogens (tertiary/aromatic N) is 2. The van der Waals surface area contributed by atoms with Crippen LogP contribution in [0.2, 0.25) is 0 Å². The smallest absolute Gasteiger partial charge is 0.307 e. The second-order valence-corrected chi connectivity index (χ2v) is 2.97. The zero-order chi connectivity index (χ0) is 11.1. The van der Waals surface area contributed by atoms with Gasteiger partial charge < -0.3 is 14.6 Å². The van der Waals surface area contributed by atoms with Crippen LogP contribution in [-0.2, 0) is 16.1 Å². The van der Waals surface area contributed by atoms with Crippen LogP contribution in [0.5, 0.6) is 0 Å². The van der Waals surface area contributed by atoms with Gasteiger partial charge in [-0.3, -0.25) is 4.79 Å². The van der Waals surface area contributed by atoms with Crippen LogP contribution >= 0.6 is 0 Å². The maximum absolute atomic E-state index is 10.9. The van der Waals surface area contributed by atoms with Crippen molar-refractivity contribution in [1.29, 1.82) is 0 Å². The Bertz CT molecular complexity index is 311. The maximum Gasteiger partial charge on any atom is 0.307 e. The Hall–Kier alpha value is -1.43. The third-order valence-corrected chi connectivity index (χ3v) is 1.66. The van der Waals surface area contributed by atoms with Crippen LogP contribution < -0.4 is 5.32 Å². The van der Waals surface area contributed by atoms with Gasteiger partial charge in [-0.1, -0.05) is 5.16 Å². The van der Waals surface area contributed by atoms with Gasteiger partial charge in [-0.05, 0) is 13.8 Å². The lowest BCUT2D eigenvalue weighted by molar-refractivity contribution is -0.142. The highest BCUT2D eigenvalue weighted by molar-refractivity contribution is 5.69. The molecule has 0 aliphatic carbocycles. The fraction of sp³-hybridized carbons (Fsp3) is 0.667. The van der Waals surface area contributed by atoms with Crippen molar-refractivity contribution in [3.63, 3.8) is 0 Å². The van der Waals surface area contributed by atoms with Gasteiger partial charge in [0.15, 0.2) is 5.82 Å². The first-order valence-corrected chi connectivity index (χ1v) is 4.88. The standard InChI is InChI=1S/C9H15N3O3/c1-3-14-9(13)4-5-10-6-8-11-7(2)12-15-8/h10H,3-6H2,1-2H3. The van der Waals surface area contributed by atoms with Gasteiger partial charge in [-0.15, -0.1) is 0 Å². The summed E-state index contributed by atoms with van der Waals surface area (Å²) in [7, 11) is 0. The highest BCUT2D eigenvalue weighted by Gasteiger charge is 2.03. The highest BCUT2D eigenvalue weighted by Crippen LogP contribution is 1.94. The Kier molecular flexibility index (Phi) is 4.76. The van der Waals surface area contributed by atoms with Crippen LogP contribution in [-0.4, -0.2) is 29.3 Å². The molecule has 0 bridgehead atoms. The van der Waals surface area contributed by atoms with E-state index >= 15 is 0 Å². The minimum atomic E-state index is -0.202. The van der Waals surface area contributed by atoms with E-state index in [0.29, 0.717) is 37.8 Å². The van der Waals surface area contributed by atoms with E-state index in [-0.39, 0.29) is 5.97 Å². The molecule has 0 fully saturated rings. The molecule has 0 saturated heterocycles. The second kappa shape index (κ2) is 6.13. The molecule has 0 atom stereocenters. The number of carbonyl (C=O) groups is 1. The normalized spacial score (nSPS) is 10.3. The third-order valence-electron chi connectivity index (χ3n) is 1.66. The number of nitrogens with one attached hydrogen (secondary N) is 1. The van der Waals surface area contributed by atoms with Crippen molar-refractivity contribution < 1.29 is 14.1 Å². The molecule has 0 spiro atoms. The lowest BCUT2D eigenvalue weighted by Gasteiger charge is -2.01. The molecule has 0 aliphatic rings. The van der Waals surface area contributed by atoms with Gasteiger partial charge in [-0.25, -0.2) is 0 Å². The van der Waals surface area contributed by atoms with Crippen molar-refractivity contribution in [2.24, 2.45) is 0 Å². The van der Waals surface area contributed by atoms with Gasteiger partial charge in [0, 0.05) is 6.54 Å². The summed E-state index contributed by atoms with van der Waals surface area (Å²) in [6.07, 6.45) is 0.348. The Labute approximate surface area is 88.0 Å². The van der Waals surface area contributed by atoms with E-state index in [0.717, 1.165) is 0 Å². The summed E-state index contributed by atoms with van der Waals surface area (Å²) in [6.45, 7) is 4.97. The first-order valence-electron chi connectivity index (χ1n) is 4.88. The average molecular weight is 213 g/mol. The van der Waals surface area contributed by atoms with E-state index < -0.39 is 0 Å². The summed E-state index contributed by atoms with van der Waals surface area (Å²) in [5.41, 5.74) is 0. The molecule has 0 radical (unpaired) electrons. The Morgan fingerprint density at radius 1 is 1.60 bits per heavy atom. The number of ether oxygens (including phenoxy) is 1. The highest BCUT2D eigenvalue weighted by atomic mass is 16.5. The topological polar surface area (TPSA) is 77.2 Å². The summed E-state index contributed by atoms with van der Waals surface area (Å²) >= 11 is 0. The van der Waals surface area contributed by atoms with Crippen LogP contribution in [0.1, 0.15) is 25.1 Å². The third kappa shape index (κ3) is 4.55. The molecule has 1 N–H and O–H groups in total. The number of carbonyl (C=O) groups excluding carboxylic acids is 1. The first kappa shape index (κ1) is 11.6. The molecule has 6 nitrogen and oxygen atoms in total. The van der Waals surface area contributed by atoms with Gasteiger partial charge >= 0.3 is 5.97 Å².